The van der Waals surface area contributed by atoms with E-state index in [1.807, 2.05) is 28.8 Å². The van der Waals surface area contributed by atoms with Gasteiger partial charge in [0.25, 0.3) is 0 Å². The summed E-state index contributed by atoms with van der Waals surface area (Å²) in [7, 11) is 0. The third-order valence-electron chi connectivity index (χ3n) is 4.29. The van der Waals surface area contributed by atoms with Gasteiger partial charge >= 0.3 is 0 Å². The minimum Gasteiger partial charge on any atom is -0.330 e. The molecule has 3 rings (SSSR count). The lowest BCUT2D eigenvalue weighted by Crippen LogP contribution is -2.42. The zero-order valence-corrected chi connectivity index (χ0v) is 10.6. The fraction of sp³-hybridized carbons (Fsp3) is 0.500. The van der Waals surface area contributed by atoms with Crippen LogP contribution in [0.4, 0.5) is 8.78 Å². The Hall–Kier alpha value is -1.49. The summed E-state index contributed by atoms with van der Waals surface area (Å²) in [5.41, 5.74) is 7.35. The van der Waals surface area contributed by atoms with Gasteiger partial charge in [-0.1, -0.05) is 6.07 Å². The number of hydrogen-bond donors (Lipinski definition) is 1. The van der Waals surface area contributed by atoms with Crippen LogP contribution in [0, 0.1) is 0 Å². The minimum absolute atomic E-state index is 0.0930. The van der Waals surface area contributed by atoms with Crippen LogP contribution in [-0.2, 0) is 5.41 Å². The van der Waals surface area contributed by atoms with E-state index in [-0.39, 0.29) is 18.3 Å². The van der Waals surface area contributed by atoms with Crippen LogP contribution in [0.15, 0.2) is 30.6 Å². The van der Waals surface area contributed by atoms with E-state index in [1.54, 1.807) is 6.20 Å². The van der Waals surface area contributed by atoms with Gasteiger partial charge in [0.05, 0.1) is 0 Å². The number of alkyl halides is 2. The SMILES string of the molecule is NCC1(c2cnc3ccccn23)CCC(F)(F)CC1. The molecule has 0 bridgehead atoms. The molecule has 5 heteroatoms. The number of imidazole rings is 1. The summed E-state index contributed by atoms with van der Waals surface area (Å²) in [5.74, 6) is -2.54. The van der Waals surface area contributed by atoms with E-state index >= 15 is 0 Å². The van der Waals surface area contributed by atoms with Crippen molar-refractivity contribution in [2.45, 2.75) is 37.0 Å². The van der Waals surface area contributed by atoms with Crippen molar-refractivity contribution in [3.8, 4) is 0 Å². The Morgan fingerprint density at radius 1 is 1.21 bits per heavy atom. The van der Waals surface area contributed by atoms with Gasteiger partial charge in [-0.15, -0.1) is 0 Å². The van der Waals surface area contributed by atoms with Gasteiger partial charge < -0.3 is 10.1 Å². The number of rotatable bonds is 2. The van der Waals surface area contributed by atoms with Crippen molar-refractivity contribution < 1.29 is 8.78 Å². The Kier molecular flexibility index (Phi) is 2.82. The molecule has 0 unspecified atom stereocenters. The smallest absolute Gasteiger partial charge is 0.248 e. The molecule has 102 valence electrons. The molecule has 0 aliphatic heterocycles. The van der Waals surface area contributed by atoms with Gasteiger partial charge in [0.2, 0.25) is 5.92 Å². The summed E-state index contributed by atoms with van der Waals surface area (Å²) in [6.07, 6.45) is 4.35. The second kappa shape index (κ2) is 4.27. The lowest BCUT2D eigenvalue weighted by molar-refractivity contribution is -0.0515. The molecule has 0 atom stereocenters. The fourth-order valence-electron chi connectivity index (χ4n) is 2.98. The number of halogens is 2. The van der Waals surface area contributed by atoms with Crippen LogP contribution in [0.3, 0.4) is 0 Å². The molecule has 2 heterocycles. The van der Waals surface area contributed by atoms with Gasteiger partial charge in [0.1, 0.15) is 5.65 Å². The maximum atomic E-state index is 13.4. The Bertz CT molecular complexity index is 581. The highest BCUT2D eigenvalue weighted by Gasteiger charge is 2.44. The molecule has 0 saturated heterocycles. The molecule has 1 aliphatic rings. The van der Waals surface area contributed by atoms with E-state index in [4.69, 9.17) is 5.73 Å². The molecule has 2 N–H and O–H groups in total. The fourth-order valence-corrected chi connectivity index (χ4v) is 2.98. The zero-order chi connectivity index (χ0) is 13.5. The van der Waals surface area contributed by atoms with Gasteiger partial charge in [-0.3, -0.25) is 0 Å². The second-order valence-electron chi connectivity index (χ2n) is 5.41. The van der Waals surface area contributed by atoms with Crippen molar-refractivity contribution in [2.24, 2.45) is 5.73 Å². The van der Waals surface area contributed by atoms with Crippen molar-refractivity contribution >= 4 is 5.65 Å². The van der Waals surface area contributed by atoms with Crippen molar-refractivity contribution in [3.05, 3.63) is 36.3 Å². The number of aromatic nitrogens is 2. The molecule has 0 aromatic carbocycles. The second-order valence-corrected chi connectivity index (χ2v) is 5.41. The van der Waals surface area contributed by atoms with E-state index in [9.17, 15) is 8.78 Å². The van der Waals surface area contributed by atoms with Crippen molar-refractivity contribution in [2.75, 3.05) is 6.54 Å². The molecule has 0 spiro atoms. The lowest BCUT2D eigenvalue weighted by atomic mass is 9.71. The van der Waals surface area contributed by atoms with Crippen LogP contribution >= 0.6 is 0 Å². The number of nitrogens with two attached hydrogens (primary N) is 1. The molecule has 1 aliphatic carbocycles. The predicted octanol–water partition coefficient (Wildman–Crippen LogP) is 2.74. The van der Waals surface area contributed by atoms with Gasteiger partial charge in [0, 0.05) is 42.9 Å². The molecule has 3 nitrogen and oxygen atoms in total. The maximum absolute atomic E-state index is 13.4. The lowest BCUT2D eigenvalue weighted by Gasteiger charge is -2.39. The van der Waals surface area contributed by atoms with Crippen molar-refractivity contribution in [3.63, 3.8) is 0 Å². The van der Waals surface area contributed by atoms with E-state index in [2.05, 4.69) is 4.98 Å². The predicted molar refractivity (Wildman–Crippen MR) is 69.3 cm³/mol. The number of pyridine rings is 1. The van der Waals surface area contributed by atoms with Crippen LogP contribution in [0.5, 0.6) is 0 Å². The largest absolute Gasteiger partial charge is 0.330 e. The monoisotopic (exact) mass is 265 g/mol. The van der Waals surface area contributed by atoms with E-state index < -0.39 is 5.92 Å². The van der Waals surface area contributed by atoms with E-state index in [0.29, 0.717) is 19.4 Å². The molecule has 1 fully saturated rings. The first-order chi connectivity index (χ1) is 9.06. The molecule has 0 amide bonds. The molecular weight excluding hydrogens is 248 g/mol. The normalized spacial score (nSPS) is 21.6. The van der Waals surface area contributed by atoms with Crippen molar-refractivity contribution in [1.82, 2.24) is 9.38 Å². The molecule has 2 aromatic rings. The topological polar surface area (TPSA) is 43.3 Å². The van der Waals surface area contributed by atoms with Gasteiger partial charge in [0.15, 0.2) is 0 Å². The van der Waals surface area contributed by atoms with Crippen LogP contribution in [-0.4, -0.2) is 21.9 Å². The highest BCUT2D eigenvalue weighted by Crippen LogP contribution is 2.44. The summed E-state index contributed by atoms with van der Waals surface area (Å²) >= 11 is 0. The first-order valence-corrected chi connectivity index (χ1v) is 6.57. The maximum Gasteiger partial charge on any atom is 0.248 e. The number of fused-ring (bicyclic) bond motifs is 1. The summed E-state index contributed by atoms with van der Waals surface area (Å²) in [6, 6.07) is 5.74. The molecule has 0 radical (unpaired) electrons. The highest BCUT2D eigenvalue weighted by atomic mass is 19.3. The third-order valence-corrected chi connectivity index (χ3v) is 4.29. The molecular formula is C14H17F2N3. The Morgan fingerprint density at radius 3 is 2.63 bits per heavy atom. The quantitative estimate of drug-likeness (QED) is 0.907. The standard InChI is InChI=1S/C14H17F2N3/c15-14(16)6-4-13(10-17,5-7-14)11-9-18-12-3-1-2-8-19(11)12/h1-3,8-9H,4-7,10,17H2. The first-order valence-electron chi connectivity index (χ1n) is 6.57. The Balaban J connectivity index is 2.03. The van der Waals surface area contributed by atoms with Crippen LogP contribution in [0.25, 0.3) is 5.65 Å². The minimum atomic E-state index is -2.54. The van der Waals surface area contributed by atoms with E-state index in [0.717, 1.165) is 11.3 Å². The first kappa shape index (κ1) is 12.5. The third kappa shape index (κ3) is 2.02. The van der Waals surface area contributed by atoms with Crippen LogP contribution in [0.2, 0.25) is 0 Å². The summed E-state index contributed by atoms with van der Waals surface area (Å²) in [6.45, 7) is 0.381. The Morgan fingerprint density at radius 2 is 1.95 bits per heavy atom. The number of nitrogens with zero attached hydrogens (tertiary/aromatic N) is 2. The summed E-state index contributed by atoms with van der Waals surface area (Å²) in [4.78, 5) is 4.34. The van der Waals surface area contributed by atoms with Gasteiger partial charge in [-0.2, -0.15) is 0 Å². The summed E-state index contributed by atoms with van der Waals surface area (Å²) in [5, 5.41) is 0. The zero-order valence-electron chi connectivity index (χ0n) is 10.6. The average Bonchev–Trinajstić information content (AvgIpc) is 2.84. The van der Waals surface area contributed by atoms with Gasteiger partial charge in [-0.25, -0.2) is 13.8 Å². The molecule has 1 saturated carbocycles. The Labute approximate surface area is 110 Å². The van der Waals surface area contributed by atoms with Gasteiger partial charge in [-0.05, 0) is 25.0 Å². The average molecular weight is 265 g/mol. The number of hydrogen-bond acceptors (Lipinski definition) is 2. The van der Waals surface area contributed by atoms with Crippen LogP contribution < -0.4 is 5.73 Å². The van der Waals surface area contributed by atoms with Crippen molar-refractivity contribution in [1.29, 1.82) is 0 Å². The van der Waals surface area contributed by atoms with Crippen LogP contribution in [0.1, 0.15) is 31.4 Å². The van der Waals surface area contributed by atoms with E-state index in [1.165, 1.54) is 0 Å². The molecule has 2 aromatic heterocycles. The summed E-state index contributed by atoms with van der Waals surface area (Å²) < 4.78 is 28.7. The highest BCUT2D eigenvalue weighted by molar-refractivity contribution is 5.42. The molecule has 19 heavy (non-hydrogen) atoms.